The molecule has 0 unspecified atom stereocenters. The molecule has 0 aromatic rings. The van der Waals surface area contributed by atoms with Gasteiger partial charge in [-0.05, 0) is 19.8 Å². The van der Waals surface area contributed by atoms with Gasteiger partial charge in [0, 0.05) is 42.2 Å². The minimum atomic E-state index is -0.330. The summed E-state index contributed by atoms with van der Waals surface area (Å²) in [4.78, 5) is 38.8. The van der Waals surface area contributed by atoms with Crippen LogP contribution in [0.2, 0.25) is 0 Å². The van der Waals surface area contributed by atoms with E-state index in [4.69, 9.17) is 9.47 Å². The number of hydrogen-bond acceptors (Lipinski definition) is 6. The summed E-state index contributed by atoms with van der Waals surface area (Å²) >= 11 is 1.85. The van der Waals surface area contributed by atoms with Gasteiger partial charge in [0.2, 0.25) is 29.0 Å². The van der Waals surface area contributed by atoms with Gasteiger partial charge in [0.05, 0.1) is 14.2 Å². The second-order valence-electron chi connectivity index (χ2n) is 5.68. The quantitative estimate of drug-likeness (QED) is 0.677. The number of methoxy groups -OCH3 is 2. The van der Waals surface area contributed by atoms with Crippen LogP contribution in [0, 0.1) is 0 Å². The maximum Gasteiger partial charge on any atom is 0.228 e. The van der Waals surface area contributed by atoms with E-state index in [-0.39, 0.29) is 29.0 Å². The highest BCUT2D eigenvalue weighted by molar-refractivity contribution is 7.99. The zero-order chi connectivity index (χ0) is 17.7. The van der Waals surface area contributed by atoms with Crippen LogP contribution in [-0.4, -0.2) is 61.2 Å². The molecule has 0 bridgehead atoms. The fourth-order valence-electron chi connectivity index (χ4n) is 2.88. The Morgan fingerprint density at radius 3 is 2.25 bits per heavy atom. The smallest absolute Gasteiger partial charge is 0.228 e. The Balaban J connectivity index is 1.99. The number of thioether (sulfide) groups is 1. The Bertz CT molecular complexity index is 602. The molecule has 1 aliphatic heterocycles. The van der Waals surface area contributed by atoms with Crippen LogP contribution in [0.15, 0.2) is 22.7 Å². The molecule has 0 aromatic carbocycles. The summed E-state index contributed by atoms with van der Waals surface area (Å²) in [6, 6.07) is 0. The van der Waals surface area contributed by atoms with Crippen molar-refractivity contribution in [3.8, 4) is 0 Å². The molecule has 6 nitrogen and oxygen atoms in total. The first-order valence-electron chi connectivity index (χ1n) is 7.98. The summed E-state index contributed by atoms with van der Waals surface area (Å²) in [5.74, 6) is 1.31. The van der Waals surface area contributed by atoms with Crippen LogP contribution in [0.1, 0.15) is 26.2 Å². The molecule has 7 heteroatoms. The molecule has 1 amide bonds. The van der Waals surface area contributed by atoms with Crippen LogP contribution >= 0.6 is 11.8 Å². The zero-order valence-corrected chi connectivity index (χ0v) is 15.2. The standard InChI is InChI=1S/C17H23NO5S/c1-11-12(15(21)17(23-3)16(22-2)14(11)20)5-4-6-13(19)18-7-9-24-10-8-18/h4-10H2,1-3H3. The number of rotatable bonds is 6. The van der Waals surface area contributed by atoms with E-state index in [1.807, 2.05) is 16.7 Å². The monoisotopic (exact) mass is 353 g/mol. The number of carbonyl (C=O) groups is 3. The van der Waals surface area contributed by atoms with Crippen molar-refractivity contribution in [2.24, 2.45) is 0 Å². The van der Waals surface area contributed by atoms with Crippen LogP contribution in [0.3, 0.4) is 0 Å². The van der Waals surface area contributed by atoms with Crippen LogP contribution in [0.25, 0.3) is 0 Å². The molecule has 1 fully saturated rings. The molecule has 0 radical (unpaired) electrons. The van der Waals surface area contributed by atoms with Gasteiger partial charge in [-0.1, -0.05) is 0 Å². The summed E-state index contributed by atoms with van der Waals surface area (Å²) < 4.78 is 10.1. The summed E-state index contributed by atoms with van der Waals surface area (Å²) in [6.07, 6.45) is 1.30. The Morgan fingerprint density at radius 2 is 1.67 bits per heavy atom. The third-order valence-corrected chi connectivity index (χ3v) is 5.22. The number of nitrogens with zero attached hydrogens (tertiary/aromatic N) is 1. The van der Waals surface area contributed by atoms with Gasteiger partial charge >= 0.3 is 0 Å². The normalized spacial score (nSPS) is 19.0. The predicted octanol–water partition coefficient (Wildman–Crippen LogP) is 1.70. The van der Waals surface area contributed by atoms with Crippen molar-refractivity contribution in [3.05, 3.63) is 22.7 Å². The lowest BCUT2D eigenvalue weighted by atomic mass is 9.90. The highest BCUT2D eigenvalue weighted by Gasteiger charge is 2.34. The average molecular weight is 353 g/mol. The lowest BCUT2D eigenvalue weighted by molar-refractivity contribution is -0.131. The van der Waals surface area contributed by atoms with E-state index in [2.05, 4.69) is 0 Å². The third-order valence-electron chi connectivity index (χ3n) is 4.28. The summed E-state index contributed by atoms with van der Waals surface area (Å²) in [6.45, 7) is 3.19. The van der Waals surface area contributed by atoms with Crippen LogP contribution in [0.4, 0.5) is 0 Å². The van der Waals surface area contributed by atoms with E-state index in [9.17, 15) is 14.4 Å². The SMILES string of the molecule is COC1=C(OC)C(=O)C(CCCC(=O)N2CCSCC2)=C(C)C1=O. The van der Waals surface area contributed by atoms with Crippen LogP contribution in [0.5, 0.6) is 0 Å². The van der Waals surface area contributed by atoms with E-state index in [0.717, 1.165) is 24.6 Å². The van der Waals surface area contributed by atoms with Crippen LogP contribution < -0.4 is 0 Å². The molecular formula is C17H23NO5S. The van der Waals surface area contributed by atoms with Gasteiger partial charge in [-0.15, -0.1) is 0 Å². The van der Waals surface area contributed by atoms with Crippen LogP contribution in [-0.2, 0) is 23.9 Å². The molecule has 1 aliphatic carbocycles. The molecule has 1 heterocycles. The van der Waals surface area contributed by atoms with Gasteiger partial charge in [-0.25, -0.2) is 0 Å². The number of ketones is 2. The maximum absolute atomic E-state index is 12.5. The van der Waals surface area contributed by atoms with E-state index in [0.29, 0.717) is 30.4 Å². The molecule has 1 saturated heterocycles. The summed E-state index contributed by atoms with van der Waals surface area (Å²) in [5.41, 5.74) is 0.791. The number of amides is 1. The van der Waals surface area contributed by atoms with Gasteiger partial charge in [-0.2, -0.15) is 11.8 Å². The minimum Gasteiger partial charge on any atom is -0.489 e. The lowest BCUT2D eigenvalue weighted by Gasteiger charge is -2.26. The van der Waals surface area contributed by atoms with Crippen molar-refractivity contribution in [2.75, 3.05) is 38.8 Å². The van der Waals surface area contributed by atoms with Gasteiger partial charge in [0.25, 0.3) is 0 Å². The largest absolute Gasteiger partial charge is 0.489 e. The molecular weight excluding hydrogens is 330 g/mol. The molecule has 0 saturated carbocycles. The van der Waals surface area contributed by atoms with Gasteiger partial charge in [0.15, 0.2) is 0 Å². The van der Waals surface area contributed by atoms with Crippen molar-refractivity contribution in [1.82, 2.24) is 4.90 Å². The first-order valence-corrected chi connectivity index (χ1v) is 9.13. The lowest BCUT2D eigenvalue weighted by Crippen LogP contribution is -2.37. The van der Waals surface area contributed by atoms with E-state index >= 15 is 0 Å². The molecule has 0 N–H and O–H groups in total. The molecule has 24 heavy (non-hydrogen) atoms. The van der Waals surface area contributed by atoms with E-state index < -0.39 is 0 Å². The highest BCUT2D eigenvalue weighted by atomic mass is 32.2. The topological polar surface area (TPSA) is 72.9 Å². The number of allylic oxidation sites excluding steroid dienone is 2. The number of Topliss-reactive ketones (excluding diaryl/α,β-unsaturated/α-hetero) is 2. The molecule has 2 rings (SSSR count). The van der Waals surface area contributed by atoms with E-state index in [1.54, 1.807) is 6.92 Å². The number of carbonyl (C=O) groups excluding carboxylic acids is 3. The Hall–Kier alpha value is -1.76. The molecule has 0 atom stereocenters. The fourth-order valence-corrected chi connectivity index (χ4v) is 3.78. The third kappa shape index (κ3) is 3.83. The summed E-state index contributed by atoms with van der Waals surface area (Å²) in [7, 11) is 2.68. The van der Waals surface area contributed by atoms with Crippen molar-refractivity contribution in [2.45, 2.75) is 26.2 Å². The van der Waals surface area contributed by atoms with Gasteiger partial charge < -0.3 is 14.4 Å². The molecule has 0 aromatic heterocycles. The second-order valence-corrected chi connectivity index (χ2v) is 6.90. The second kappa shape index (κ2) is 8.37. The molecule has 132 valence electrons. The predicted molar refractivity (Wildman–Crippen MR) is 91.5 cm³/mol. The first kappa shape index (κ1) is 18.6. The maximum atomic E-state index is 12.5. The van der Waals surface area contributed by atoms with Gasteiger partial charge in [0.1, 0.15) is 0 Å². The Labute approximate surface area is 146 Å². The average Bonchev–Trinajstić information content (AvgIpc) is 2.61. The first-order chi connectivity index (χ1) is 11.5. The fraction of sp³-hybridized carbons (Fsp3) is 0.588. The number of ether oxygens (including phenoxy) is 2. The van der Waals surface area contributed by atoms with Crippen molar-refractivity contribution in [1.29, 1.82) is 0 Å². The van der Waals surface area contributed by atoms with Crippen molar-refractivity contribution < 1.29 is 23.9 Å². The van der Waals surface area contributed by atoms with Gasteiger partial charge in [-0.3, -0.25) is 14.4 Å². The van der Waals surface area contributed by atoms with E-state index in [1.165, 1.54) is 14.2 Å². The number of hydrogen-bond donors (Lipinski definition) is 0. The van der Waals surface area contributed by atoms with Crippen molar-refractivity contribution >= 4 is 29.2 Å². The zero-order valence-electron chi connectivity index (χ0n) is 14.3. The summed E-state index contributed by atoms with van der Waals surface area (Å²) in [5, 5.41) is 0. The molecule has 0 spiro atoms. The van der Waals surface area contributed by atoms with Crippen molar-refractivity contribution in [3.63, 3.8) is 0 Å². The minimum absolute atomic E-state index is 0.0503. The molecule has 2 aliphatic rings. The Morgan fingerprint density at radius 1 is 1.08 bits per heavy atom. The Kier molecular flexibility index (Phi) is 6.48. The highest BCUT2D eigenvalue weighted by Crippen LogP contribution is 2.28.